The van der Waals surface area contributed by atoms with Gasteiger partial charge in [-0.1, -0.05) is 0 Å². The van der Waals surface area contributed by atoms with Crippen LogP contribution in [-0.4, -0.2) is 47.6 Å². The maximum atomic E-state index is 12.3. The monoisotopic (exact) mass is 293 g/mol. The third-order valence-corrected chi connectivity index (χ3v) is 4.20. The van der Waals surface area contributed by atoms with Crippen LogP contribution in [-0.2, 0) is 4.79 Å². The van der Waals surface area contributed by atoms with Crippen molar-refractivity contribution in [2.45, 2.75) is 30.3 Å². The topological polar surface area (TPSA) is 62.3 Å². The Bertz CT molecular complexity index is 507. The second-order valence-corrected chi connectivity index (χ2v) is 5.67. The number of rotatable bonds is 3. The van der Waals surface area contributed by atoms with E-state index < -0.39 is 0 Å². The number of nitrogens with one attached hydrogen (secondary N) is 1. The first-order valence-corrected chi connectivity index (χ1v) is 7.88. The maximum Gasteiger partial charge on any atom is 0.254 e. The van der Waals surface area contributed by atoms with Crippen molar-refractivity contribution in [1.29, 1.82) is 0 Å². The molecule has 1 fully saturated rings. The van der Waals surface area contributed by atoms with Crippen molar-refractivity contribution in [1.82, 2.24) is 15.2 Å². The zero-order valence-corrected chi connectivity index (χ0v) is 12.6. The molecule has 6 heteroatoms. The highest BCUT2D eigenvalue weighted by Gasteiger charge is 2.22. The summed E-state index contributed by atoms with van der Waals surface area (Å²) in [6.07, 6.45) is 5.57. The third kappa shape index (κ3) is 3.50. The van der Waals surface area contributed by atoms with E-state index in [1.165, 1.54) is 11.8 Å². The first-order valence-electron chi connectivity index (χ1n) is 6.65. The van der Waals surface area contributed by atoms with Gasteiger partial charge in [0.1, 0.15) is 5.03 Å². The first kappa shape index (κ1) is 14.8. The zero-order chi connectivity index (χ0) is 14.5. The van der Waals surface area contributed by atoms with Gasteiger partial charge in [0, 0.05) is 32.3 Å². The van der Waals surface area contributed by atoms with E-state index in [9.17, 15) is 9.59 Å². The number of hydrogen-bond acceptors (Lipinski definition) is 4. The van der Waals surface area contributed by atoms with E-state index in [0.717, 1.165) is 11.4 Å². The fourth-order valence-electron chi connectivity index (χ4n) is 2.24. The molecule has 1 N–H and O–H groups in total. The molecule has 1 aliphatic rings. The van der Waals surface area contributed by atoms with Crippen molar-refractivity contribution in [3.8, 4) is 0 Å². The second-order valence-electron chi connectivity index (χ2n) is 4.87. The quantitative estimate of drug-likeness (QED) is 0.859. The van der Waals surface area contributed by atoms with Gasteiger partial charge in [-0.2, -0.15) is 0 Å². The molecule has 0 saturated carbocycles. The fraction of sp³-hybridized carbons (Fsp3) is 0.500. The number of aromatic nitrogens is 1. The molecule has 1 atom stereocenters. The molecular weight excluding hydrogens is 274 g/mol. The Balaban J connectivity index is 2.02. The van der Waals surface area contributed by atoms with Crippen LogP contribution >= 0.6 is 11.8 Å². The molecule has 1 saturated heterocycles. The second kappa shape index (κ2) is 6.74. The van der Waals surface area contributed by atoms with Crippen LogP contribution in [0.4, 0.5) is 0 Å². The van der Waals surface area contributed by atoms with Gasteiger partial charge in [-0.3, -0.25) is 9.59 Å². The summed E-state index contributed by atoms with van der Waals surface area (Å²) in [4.78, 5) is 29.8. The highest BCUT2D eigenvalue weighted by atomic mass is 32.2. The molecule has 108 valence electrons. The number of carbonyl (C=O) groups is 2. The average molecular weight is 293 g/mol. The van der Waals surface area contributed by atoms with Crippen LogP contribution in [0.5, 0.6) is 0 Å². The molecule has 0 bridgehead atoms. The van der Waals surface area contributed by atoms with E-state index in [2.05, 4.69) is 10.3 Å². The minimum atomic E-state index is -0.107. The van der Waals surface area contributed by atoms with Crippen LogP contribution in [0.1, 0.15) is 29.6 Å². The van der Waals surface area contributed by atoms with Gasteiger partial charge >= 0.3 is 0 Å². The molecule has 1 aliphatic heterocycles. The zero-order valence-electron chi connectivity index (χ0n) is 11.8. The maximum absolute atomic E-state index is 12.3. The standard InChI is InChI=1S/C14H19N3O2S/c1-17-9-7-10(5-6-12(17)18)16-13(19)11-4-3-8-15-14(11)20-2/h3-4,8,10H,5-7,9H2,1-2H3,(H,16,19). The Morgan fingerprint density at radius 2 is 2.30 bits per heavy atom. The molecule has 5 nitrogen and oxygen atoms in total. The van der Waals surface area contributed by atoms with Crippen LogP contribution in [0, 0.1) is 0 Å². The number of hydrogen-bond donors (Lipinski definition) is 1. The van der Waals surface area contributed by atoms with Crippen LogP contribution in [0.2, 0.25) is 0 Å². The minimum Gasteiger partial charge on any atom is -0.349 e. The molecular formula is C14H19N3O2S. The van der Waals surface area contributed by atoms with Gasteiger partial charge in [-0.05, 0) is 31.2 Å². The van der Waals surface area contributed by atoms with Crippen molar-refractivity contribution in [3.63, 3.8) is 0 Å². The summed E-state index contributed by atoms with van der Waals surface area (Å²) in [5.74, 6) is 0.0392. The molecule has 0 aliphatic carbocycles. The Morgan fingerprint density at radius 3 is 3.05 bits per heavy atom. The van der Waals surface area contributed by atoms with Gasteiger partial charge in [0.05, 0.1) is 5.56 Å². The summed E-state index contributed by atoms with van der Waals surface area (Å²) in [5, 5.41) is 3.75. The van der Waals surface area contributed by atoms with Gasteiger partial charge in [0.2, 0.25) is 5.91 Å². The van der Waals surface area contributed by atoms with Crippen LogP contribution in [0.25, 0.3) is 0 Å². The molecule has 2 heterocycles. The number of carbonyl (C=O) groups excluding carboxylic acids is 2. The third-order valence-electron chi connectivity index (χ3n) is 3.49. The minimum absolute atomic E-state index is 0.0475. The highest BCUT2D eigenvalue weighted by Crippen LogP contribution is 2.18. The van der Waals surface area contributed by atoms with Gasteiger partial charge in [-0.15, -0.1) is 11.8 Å². The van der Waals surface area contributed by atoms with E-state index in [-0.39, 0.29) is 17.9 Å². The molecule has 1 unspecified atom stereocenters. The Labute approximate surface area is 123 Å². The molecule has 2 amide bonds. The summed E-state index contributed by atoms with van der Waals surface area (Å²) >= 11 is 1.46. The number of amides is 2. The summed E-state index contributed by atoms with van der Waals surface area (Å²) in [6.45, 7) is 0.687. The van der Waals surface area contributed by atoms with E-state index in [1.807, 2.05) is 6.26 Å². The lowest BCUT2D eigenvalue weighted by molar-refractivity contribution is -0.129. The van der Waals surface area contributed by atoms with Crippen LogP contribution in [0.3, 0.4) is 0 Å². The molecule has 0 spiro atoms. The summed E-state index contributed by atoms with van der Waals surface area (Å²) < 4.78 is 0. The van der Waals surface area contributed by atoms with E-state index in [0.29, 0.717) is 24.9 Å². The molecule has 20 heavy (non-hydrogen) atoms. The fourth-order valence-corrected chi connectivity index (χ4v) is 2.79. The smallest absolute Gasteiger partial charge is 0.254 e. The van der Waals surface area contributed by atoms with Gasteiger partial charge in [-0.25, -0.2) is 4.98 Å². The van der Waals surface area contributed by atoms with Crippen molar-refractivity contribution in [3.05, 3.63) is 23.9 Å². The Morgan fingerprint density at radius 1 is 1.50 bits per heavy atom. The average Bonchev–Trinajstić information content (AvgIpc) is 2.63. The van der Waals surface area contributed by atoms with E-state index in [1.54, 1.807) is 30.3 Å². The van der Waals surface area contributed by atoms with Gasteiger partial charge in [0.25, 0.3) is 5.91 Å². The SMILES string of the molecule is CSc1ncccc1C(=O)NC1CCC(=O)N(C)CC1. The predicted molar refractivity (Wildman–Crippen MR) is 78.8 cm³/mol. The Hall–Kier alpha value is -1.56. The van der Waals surface area contributed by atoms with Crippen LogP contribution < -0.4 is 5.32 Å². The summed E-state index contributed by atoms with van der Waals surface area (Å²) in [6, 6.07) is 3.59. The Kier molecular flexibility index (Phi) is 5.00. The van der Waals surface area contributed by atoms with Crippen molar-refractivity contribution < 1.29 is 9.59 Å². The summed E-state index contributed by atoms with van der Waals surface area (Å²) in [5.41, 5.74) is 0.601. The number of nitrogens with zero attached hydrogens (tertiary/aromatic N) is 2. The number of likely N-dealkylation sites (tertiary alicyclic amines) is 1. The van der Waals surface area contributed by atoms with Gasteiger partial charge < -0.3 is 10.2 Å². The number of pyridine rings is 1. The lowest BCUT2D eigenvalue weighted by atomic mass is 10.1. The normalized spacial score (nSPS) is 19.6. The molecule has 1 aromatic heterocycles. The van der Waals surface area contributed by atoms with Crippen LogP contribution in [0.15, 0.2) is 23.4 Å². The first-order chi connectivity index (χ1) is 9.61. The molecule has 0 radical (unpaired) electrons. The lowest BCUT2D eigenvalue weighted by Crippen LogP contribution is -2.35. The summed E-state index contributed by atoms with van der Waals surface area (Å²) in [7, 11) is 1.81. The number of thioether (sulfide) groups is 1. The molecule has 2 rings (SSSR count). The lowest BCUT2D eigenvalue weighted by Gasteiger charge is -2.17. The largest absolute Gasteiger partial charge is 0.349 e. The van der Waals surface area contributed by atoms with E-state index >= 15 is 0 Å². The van der Waals surface area contributed by atoms with E-state index in [4.69, 9.17) is 0 Å². The molecule has 1 aromatic rings. The van der Waals surface area contributed by atoms with Crippen molar-refractivity contribution in [2.24, 2.45) is 0 Å². The van der Waals surface area contributed by atoms with Crippen molar-refractivity contribution >= 4 is 23.6 Å². The van der Waals surface area contributed by atoms with Gasteiger partial charge in [0.15, 0.2) is 0 Å². The van der Waals surface area contributed by atoms with Crippen molar-refractivity contribution in [2.75, 3.05) is 19.8 Å². The highest BCUT2D eigenvalue weighted by molar-refractivity contribution is 7.98. The predicted octanol–water partition coefficient (Wildman–Crippen LogP) is 1.54. The molecule has 0 aromatic carbocycles.